The van der Waals surface area contributed by atoms with Crippen LogP contribution in [0.15, 0.2) is 21.7 Å². The van der Waals surface area contributed by atoms with Crippen LogP contribution in [0.3, 0.4) is 0 Å². The first-order chi connectivity index (χ1) is 7.54. The lowest BCUT2D eigenvalue weighted by Gasteiger charge is -2.05. The highest BCUT2D eigenvalue weighted by molar-refractivity contribution is 9.10. The first kappa shape index (κ1) is 12.4. The van der Waals surface area contributed by atoms with Crippen LogP contribution in [-0.2, 0) is 0 Å². The number of hydrogen-bond acceptors (Lipinski definition) is 3. The minimum Gasteiger partial charge on any atom is -0.496 e. The molecule has 0 aliphatic carbocycles. The number of carbonyl (C=O) groups is 1. The Morgan fingerprint density at radius 1 is 1.69 bits per heavy atom. The highest BCUT2D eigenvalue weighted by atomic mass is 79.9. The number of halogens is 2. The average molecular weight is 290 g/mol. The molecule has 16 heavy (non-hydrogen) atoms. The van der Waals surface area contributed by atoms with Crippen LogP contribution in [0.5, 0.6) is 5.75 Å². The number of hydrogen-bond donors (Lipinski definition) is 2. The summed E-state index contributed by atoms with van der Waals surface area (Å²) in [5.41, 5.74) is 7.19. The number of rotatable bonds is 3. The third-order valence-corrected chi connectivity index (χ3v) is 2.26. The summed E-state index contributed by atoms with van der Waals surface area (Å²) in [6.45, 7) is 0. The van der Waals surface area contributed by atoms with Gasteiger partial charge in [-0.1, -0.05) is 0 Å². The van der Waals surface area contributed by atoms with Crippen molar-refractivity contribution >= 4 is 28.2 Å². The van der Waals surface area contributed by atoms with Crippen molar-refractivity contribution in [2.45, 2.75) is 0 Å². The van der Waals surface area contributed by atoms with Crippen molar-refractivity contribution in [1.29, 1.82) is 0 Å². The number of methoxy groups -OCH3 is 1. The minimum atomic E-state index is -0.798. The van der Waals surface area contributed by atoms with Crippen LogP contribution in [0.1, 0.15) is 5.56 Å². The molecule has 2 amide bonds. The van der Waals surface area contributed by atoms with Gasteiger partial charge in [0.15, 0.2) is 0 Å². The first-order valence-corrected chi connectivity index (χ1v) is 4.95. The number of amides is 2. The monoisotopic (exact) mass is 289 g/mol. The van der Waals surface area contributed by atoms with Gasteiger partial charge in [-0.05, 0) is 28.1 Å². The molecule has 0 spiro atoms. The fourth-order valence-electron chi connectivity index (χ4n) is 0.987. The van der Waals surface area contributed by atoms with E-state index in [-0.39, 0.29) is 4.47 Å². The minimum absolute atomic E-state index is 0.282. The molecule has 86 valence electrons. The first-order valence-electron chi connectivity index (χ1n) is 4.16. The Balaban J connectivity index is 2.98. The maximum atomic E-state index is 13.2. The molecule has 3 N–H and O–H groups in total. The Labute approximate surface area is 99.6 Å². The van der Waals surface area contributed by atoms with E-state index in [9.17, 15) is 9.18 Å². The van der Waals surface area contributed by atoms with E-state index in [1.54, 1.807) is 0 Å². The van der Waals surface area contributed by atoms with E-state index in [1.165, 1.54) is 25.5 Å². The molecular weight excluding hydrogens is 281 g/mol. The largest absolute Gasteiger partial charge is 0.496 e. The van der Waals surface area contributed by atoms with Gasteiger partial charge >= 0.3 is 6.03 Å². The lowest BCUT2D eigenvalue weighted by molar-refractivity contribution is 0.249. The standard InChI is InChI=1S/C9H9BrFN3O2/c1-16-8-3-6(10)7(11)2-5(8)4-13-14-9(12)15/h2-4H,1H3,(H3,12,14,15). The van der Waals surface area contributed by atoms with Gasteiger partial charge in [0.2, 0.25) is 0 Å². The summed E-state index contributed by atoms with van der Waals surface area (Å²) in [7, 11) is 1.44. The van der Waals surface area contributed by atoms with Crippen molar-refractivity contribution in [3.05, 3.63) is 28.0 Å². The molecule has 0 unspecified atom stereocenters. The number of primary amides is 1. The molecule has 0 radical (unpaired) electrons. The zero-order valence-electron chi connectivity index (χ0n) is 8.33. The summed E-state index contributed by atoms with van der Waals surface area (Å²) in [4.78, 5) is 10.3. The molecule has 0 heterocycles. The summed E-state index contributed by atoms with van der Waals surface area (Å²) < 4.78 is 18.5. The van der Waals surface area contributed by atoms with Gasteiger partial charge in [0, 0.05) is 5.56 Å². The lowest BCUT2D eigenvalue weighted by atomic mass is 10.2. The molecule has 0 saturated heterocycles. The van der Waals surface area contributed by atoms with Gasteiger partial charge in [0.05, 0.1) is 17.8 Å². The molecule has 0 saturated carbocycles. The summed E-state index contributed by atoms with van der Waals surface area (Å²) in [6.07, 6.45) is 1.24. The van der Waals surface area contributed by atoms with Gasteiger partial charge < -0.3 is 10.5 Å². The van der Waals surface area contributed by atoms with Crippen LogP contribution in [0.4, 0.5) is 9.18 Å². The summed E-state index contributed by atoms with van der Waals surface area (Å²) >= 11 is 3.02. The van der Waals surface area contributed by atoms with Gasteiger partial charge in [-0.15, -0.1) is 0 Å². The zero-order valence-corrected chi connectivity index (χ0v) is 9.92. The summed E-state index contributed by atoms with van der Waals surface area (Å²) in [6, 6.07) is 1.88. The maximum Gasteiger partial charge on any atom is 0.332 e. The number of ether oxygens (including phenoxy) is 1. The summed E-state index contributed by atoms with van der Waals surface area (Å²) in [5.74, 6) is -0.0374. The third-order valence-electron chi connectivity index (χ3n) is 1.65. The van der Waals surface area contributed by atoms with Crippen molar-refractivity contribution < 1.29 is 13.9 Å². The molecule has 0 aliphatic rings. The van der Waals surface area contributed by atoms with Gasteiger partial charge in [0.25, 0.3) is 0 Å². The highest BCUT2D eigenvalue weighted by Gasteiger charge is 2.07. The smallest absolute Gasteiger partial charge is 0.332 e. The fraction of sp³-hybridized carbons (Fsp3) is 0.111. The highest BCUT2D eigenvalue weighted by Crippen LogP contribution is 2.25. The maximum absolute atomic E-state index is 13.2. The number of hydrazone groups is 1. The number of nitrogens with one attached hydrogen (secondary N) is 1. The fourth-order valence-corrected chi connectivity index (χ4v) is 1.31. The molecule has 1 aromatic carbocycles. The molecule has 0 aliphatic heterocycles. The molecule has 1 aromatic rings. The van der Waals surface area contributed by atoms with Gasteiger partial charge in [-0.3, -0.25) is 0 Å². The Morgan fingerprint density at radius 2 is 2.38 bits per heavy atom. The molecule has 5 nitrogen and oxygen atoms in total. The van der Waals surface area contributed by atoms with Crippen LogP contribution in [0.2, 0.25) is 0 Å². The molecule has 0 bridgehead atoms. The number of nitrogens with two attached hydrogens (primary N) is 1. The van der Waals surface area contributed by atoms with Crippen LogP contribution >= 0.6 is 15.9 Å². The van der Waals surface area contributed by atoms with E-state index < -0.39 is 11.8 Å². The van der Waals surface area contributed by atoms with Crippen molar-refractivity contribution in [3.8, 4) is 5.75 Å². The van der Waals surface area contributed by atoms with Gasteiger partial charge in [0.1, 0.15) is 11.6 Å². The van der Waals surface area contributed by atoms with Crippen LogP contribution < -0.4 is 15.9 Å². The van der Waals surface area contributed by atoms with Crippen LogP contribution in [0.25, 0.3) is 0 Å². The second-order valence-corrected chi connectivity index (χ2v) is 3.60. The van der Waals surface area contributed by atoms with E-state index >= 15 is 0 Å². The van der Waals surface area contributed by atoms with Gasteiger partial charge in [-0.25, -0.2) is 14.6 Å². The molecule has 1 rings (SSSR count). The quantitative estimate of drug-likeness (QED) is 0.655. The number of carbonyl (C=O) groups excluding carboxylic acids is 1. The second-order valence-electron chi connectivity index (χ2n) is 2.74. The van der Waals surface area contributed by atoms with E-state index in [1.807, 2.05) is 5.43 Å². The Hall–Kier alpha value is -1.63. The molecule has 7 heteroatoms. The zero-order chi connectivity index (χ0) is 12.1. The topological polar surface area (TPSA) is 76.7 Å². The normalized spacial score (nSPS) is 10.4. The third kappa shape index (κ3) is 3.20. The predicted octanol–water partition coefficient (Wildman–Crippen LogP) is 1.60. The van der Waals surface area contributed by atoms with Gasteiger partial charge in [-0.2, -0.15) is 5.10 Å². The van der Waals surface area contributed by atoms with Crippen LogP contribution in [0, 0.1) is 5.82 Å². The predicted molar refractivity (Wildman–Crippen MR) is 61.0 cm³/mol. The summed E-state index contributed by atoms with van der Waals surface area (Å²) in [5, 5.41) is 3.51. The van der Waals surface area contributed by atoms with Crippen molar-refractivity contribution in [2.75, 3.05) is 7.11 Å². The van der Waals surface area contributed by atoms with E-state index in [4.69, 9.17) is 10.5 Å². The van der Waals surface area contributed by atoms with Crippen molar-refractivity contribution in [2.24, 2.45) is 10.8 Å². The number of urea groups is 1. The van der Waals surface area contributed by atoms with Crippen molar-refractivity contribution in [3.63, 3.8) is 0 Å². The Bertz CT molecular complexity index is 437. The Kier molecular flexibility index (Phi) is 4.24. The van der Waals surface area contributed by atoms with E-state index in [0.717, 1.165) is 0 Å². The average Bonchev–Trinajstić information content (AvgIpc) is 2.22. The van der Waals surface area contributed by atoms with Crippen LogP contribution in [-0.4, -0.2) is 19.4 Å². The van der Waals surface area contributed by atoms with E-state index in [2.05, 4.69) is 21.0 Å². The molecule has 0 aromatic heterocycles. The lowest BCUT2D eigenvalue weighted by Crippen LogP contribution is -2.24. The SMILES string of the molecule is COc1cc(Br)c(F)cc1C=NNC(N)=O. The molecular formula is C9H9BrFN3O2. The molecule has 0 atom stereocenters. The Morgan fingerprint density at radius 3 is 2.94 bits per heavy atom. The van der Waals surface area contributed by atoms with E-state index in [0.29, 0.717) is 11.3 Å². The number of benzene rings is 1. The second kappa shape index (κ2) is 5.45. The van der Waals surface area contributed by atoms with Crippen molar-refractivity contribution in [1.82, 2.24) is 5.43 Å². The molecule has 0 fully saturated rings. The number of nitrogens with zero attached hydrogens (tertiary/aromatic N) is 1.